The third-order valence-electron chi connectivity index (χ3n) is 4.45. The monoisotopic (exact) mass is 316 g/mol. The van der Waals surface area contributed by atoms with Crippen LogP contribution in [0.1, 0.15) is 62.9 Å². The number of imidazole rings is 1. The molecule has 0 bridgehead atoms. The molecule has 1 amide bonds. The van der Waals surface area contributed by atoms with Crippen molar-refractivity contribution in [1.82, 2.24) is 19.6 Å². The molecule has 23 heavy (non-hydrogen) atoms. The van der Waals surface area contributed by atoms with Gasteiger partial charge in [0.15, 0.2) is 0 Å². The van der Waals surface area contributed by atoms with Crippen LogP contribution >= 0.6 is 0 Å². The first-order valence-corrected chi connectivity index (χ1v) is 8.36. The van der Waals surface area contributed by atoms with E-state index in [1.165, 1.54) is 0 Å². The van der Waals surface area contributed by atoms with E-state index >= 15 is 0 Å². The fraction of sp³-hybridized carbons (Fsp3) is 0.588. The van der Waals surface area contributed by atoms with Gasteiger partial charge in [0, 0.05) is 37.3 Å². The van der Waals surface area contributed by atoms with Gasteiger partial charge in [0.25, 0.3) is 0 Å². The quantitative estimate of drug-likeness (QED) is 0.851. The summed E-state index contributed by atoms with van der Waals surface area (Å²) in [5, 5.41) is 4.19. The van der Waals surface area contributed by atoms with Crippen molar-refractivity contribution in [2.24, 2.45) is 0 Å². The van der Waals surface area contributed by atoms with E-state index in [0.717, 1.165) is 43.1 Å². The zero-order valence-corrected chi connectivity index (χ0v) is 14.0. The number of aryl methyl sites for hydroxylation is 1. The average Bonchev–Trinajstić information content (AvgIpc) is 3.26. The van der Waals surface area contributed by atoms with Gasteiger partial charge in [0.2, 0.25) is 5.91 Å². The Morgan fingerprint density at radius 3 is 3.00 bits per heavy atom. The highest BCUT2D eigenvalue weighted by Crippen LogP contribution is 2.32. The molecule has 1 unspecified atom stereocenters. The van der Waals surface area contributed by atoms with E-state index in [0.29, 0.717) is 12.5 Å². The second-order valence-electron chi connectivity index (χ2n) is 6.38. The fourth-order valence-corrected chi connectivity index (χ4v) is 3.14. The molecule has 6 nitrogen and oxygen atoms in total. The minimum Gasteiger partial charge on any atom is -0.361 e. The molecule has 2 aromatic heterocycles. The predicted molar refractivity (Wildman–Crippen MR) is 85.9 cm³/mol. The number of carbonyl (C=O) groups is 1. The number of likely N-dealkylation sites (tertiary alicyclic amines) is 1. The third-order valence-corrected chi connectivity index (χ3v) is 4.45. The van der Waals surface area contributed by atoms with E-state index in [-0.39, 0.29) is 11.9 Å². The maximum atomic E-state index is 12.7. The van der Waals surface area contributed by atoms with Gasteiger partial charge in [-0.25, -0.2) is 4.98 Å². The lowest BCUT2D eigenvalue weighted by Gasteiger charge is -2.23. The van der Waals surface area contributed by atoms with Gasteiger partial charge in [-0.1, -0.05) is 25.9 Å². The lowest BCUT2D eigenvalue weighted by Crippen LogP contribution is -2.33. The summed E-state index contributed by atoms with van der Waals surface area (Å²) in [6.45, 7) is 7.32. The fourth-order valence-electron chi connectivity index (χ4n) is 3.14. The summed E-state index contributed by atoms with van der Waals surface area (Å²) in [4.78, 5) is 18.9. The maximum Gasteiger partial charge on any atom is 0.243 e. The van der Waals surface area contributed by atoms with Crippen molar-refractivity contribution >= 4 is 5.91 Å². The number of hydrogen-bond donors (Lipinski definition) is 0. The number of carbonyl (C=O) groups excluding carboxylic acids is 1. The highest BCUT2D eigenvalue weighted by atomic mass is 16.5. The average molecular weight is 316 g/mol. The van der Waals surface area contributed by atoms with Crippen LogP contribution in [0.25, 0.3) is 0 Å². The Kier molecular flexibility index (Phi) is 4.50. The van der Waals surface area contributed by atoms with Crippen LogP contribution in [0, 0.1) is 0 Å². The van der Waals surface area contributed by atoms with Crippen molar-refractivity contribution in [1.29, 1.82) is 0 Å². The number of hydrogen-bond acceptors (Lipinski definition) is 4. The Bertz CT molecular complexity index is 674. The molecule has 1 atom stereocenters. The molecule has 1 saturated heterocycles. The first-order valence-electron chi connectivity index (χ1n) is 8.36. The Labute approximate surface area is 136 Å². The predicted octanol–water partition coefficient (Wildman–Crippen LogP) is 2.92. The normalized spacial score (nSPS) is 18.1. The summed E-state index contributed by atoms with van der Waals surface area (Å²) in [5.74, 6) is 2.24. The molecule has 3 heterocycles. The second kappa shape index (κ2) is 6.56. The highest BCUT2D eigenvalue weighted by Gasteiger charge is 2.32. The van der Waals surface area contributed by atoms with Crippen LogP contribution in [0.4, 0.5) is 0 Å². The zero-order chi connectivity index (χ0) is 16.4. The van der Waals surface area contributed by atoms with Crippen LogP contribution in [-0.4, -0.2) is 32.1 Å². The Balaban J connectivity index is 1.74. The molecule has 124 valence electrons. The minimum atomic E-state index is 0.0346. The minimum absolute atomic E-state index is 0.0346. The lowest BCUT2D eigenvalue weighted by atomic mass is 10.1. The summed E-state index contributed by atoms with van der Waals surface area (Å²) in [7, 11) is 0. The lowest BCUT2D eigenvalue weighted by molar-refractivity contribution is -0.132. The van der Waals surface area contributed by atoms with Gasteiger partial charge in [0.1, 0.15) is 23.8 Å². The molecular formula is C17H24N4O2. The van der Waals surface area contributed by atoms with E-state index < -0.39 is 0 Å². The van der Waals surface area contributed by atoms with Crippen LogP contribution in [0.5, 0.6) is 0 Å². The molecule has 1 aliphatic heterocycles. The van der Waals surface area contributed by atoms with Gasteiger partial charge in [-0.2, -0.15) is 0 Å². The summed E-state index contributed by atoms with van der Waals surface area (Å²) in [6, 6.07) is 2.03. The topological polar surface area (TPSA) is 64.2 Å². The van der Waals surface area contributed by atoms with Gasteiger partial charge in [0.05, 0.1) is 6.04 Å². The van der Waals surface area contributed by atoms with Crippen LogP contribution in [-0.2, 0) is 17.8 Å². The molecule has 0 saturated carbocycles. The van der Waals surface area contributed by atoms with E-state index in [4.69, 9.17) is 4.52 Å². The summed E-state index contributed by atoms with van der Waals surface area (Å²) < 4.78 is 7.34. The third kappa shape index (κ3) is 3.16. The molecule has 0 aromatic carbocycles. The van der Waals surface area contributed by atoms with Gasteiger partial charge in [-0.05, 0) is 12.8 Å². The van der Waals surface area contributed by atoms with Crippen molar-refractivity contribution in [3.05, 3.63) is 35.7 Å². The molecule has 1 fully saturated rings. The van der Waals surface area contributed by atoms with Crippen LogP contribution in [0.2, 0.25) is 0 Å². The first kappa shape index (κ1) is 15.8. The highest BCUT2D eigenvalue weighted by molar-refractivity contribution is 5.76. The Morgan fingerprint density at radius 2 is 2.30 bits per heavy atom. The summed E-state index contributed by atoms with van der Waals surface area (Å²) >= 11 is 0. The maximum absolute atomic E-state index is 12.7. The molecule has 0 aliphatic carbocycles. The van der Waals surface area contributed by atoms with E-state index in [9.17, 15) is 4.79 Å². The van der Waals surface area contributed by atoms with Gasteiger partial charge in [-0.3, -0.25) is 4.79 Å². The van der Waals surface area contributed by atoms with Gasteiger partial charge < -0.3 is 14.0 Å². The molecule has 1 aliphatic rings. The molecule has 0 N–H and O–H groups in total. The molecule has 0 spiro atoms. The van der Waals surface area contributed by atoms with Gasteiger partial charge >= 0.3 is 0 Å². The van der Waals surface area contributed by atoms with E-state index in [2.05, 4.69) is 24.0 Å². The standard InChI is InChI=1S/C17H24N4O2/c1-4-16-18-7-9-20(16)11-17(22)21-8-5-6-14(21)13-10-15(12(2)3)23-19-13/h7,9-10,12,14H,4-6,8,11H2,1-3H3. The van der Waals surface area contributed by atoms with Crippen LogP contribution in [0.15, 0.2) is 23.0 Å². The Hall–Kier alpha value is -2.11. The molecule has 0 radical (unpaired) electrons. The molecule has 6 heteroatoms. The smallest absolute Gasteiger partial charge is 0.243 e. The number of nitrogens with zero attached hydrogens (tertiary/aromatic N) is 4. The van der Waals surface area contributed by atoms with Crippen molar-refractivity contribution in [3.8, 4) is 0 Å². The van der Waals surface area contributed by atoms with E-state index in [1.54, 1.807) is 6.20 Å². The van der Waals surface area contributed by atoms with Crippen molar-refractivity contribution in [2.45, 2.75) is 58.5 Å². The number of aromatic nitrogens is 3. The number of amides is 1. The SMILES string of the molecule is CCc1nccn1CC(=O)N1CCCC1c1cc(C(C)C)on1. The molecule has 3 rings (SSSR count). The van der Waals surface area contributed by atoms with Gasteiger partial charge in [-0.15, -0.1) is 0 Å². The first-order chi connectivity index (χ1) is 11.1. The largest absolute Gasteiger partial charge is 0.361 e. The summed E-state index contributed by atoms with van der Waals surface area (Å²) in [5.41, 5.74) is 0.876. The van der Waals surface area contributed by atoms with Crippen molar-refractivity contribution in [2.75, 3.05) is 6.54 Å². The molecular weight excluding hydrogens is 292 g/mol. The number of rotatable bonds is 5. The zero-order valence-electron chi connectivity index (χ0n) is 14.0. The van der Waals surface area contributed by atoms with Crippen molar-refractivity contribution < 1.29 is 9.32 Å². The Morgan fingerprint density at radius 1 is 1.48 bits per heavy atom. The molecule has 2 aromatic rings. The summed E-state index contributed by atoms with van der Waals surface area (Å²) in [6.07, 6.45) is 6.39. The van der Waals surface area contributed by atoms with Crippen molar-refractivity contribution in [3.63, 3.8) is 0 Å². The second-order valence-corrected chi connectivity index (χ2v) is 6.38. The van der Waals surface area contributed by atoms with Crippen LogP contribution < -0.4 is 0 Å². The van der Waals surface area contributed by atoms with Crippen LogP contribution in [0.3, 0.4) is 0 Å². The van der Waals surface area contributed by atoms with E-state index in [1.807, 2.05) is 28.7 Å².